The van der Waals surface area contributed by atoms with E-state index in [1.54, 1.807) is 0 Å². The monoisotopic (exact) mass is 353 g/mol. The Kier molecular flexibility index (Phi) is 6.84. The summed E-state index contributed by atoms with van der Waals surface area (Å²) in [4.78, 5) is 12.4. The van der Waals surface area contributed by atoms with Gasteiger partial charge in [0.05, 0.1) is 6.04 Å². The van der Waals surface area contributed by atoms with Crippen molar-refractivity contribution in [3.63, 3.8) is 0 Å². The molecule has 140 valence electrons. The van der Waals surface area contributed by atoms with Gasteiger partial charge in [-0.15, -0.1) is 0 Å². The lowest BCUT2D eigenvalue weighted by Gasteiger charge is -2.21. The number of hydrogen-bond donors (Lipinski definition) is 1. The van der Waals surface area contributed by atoms with E-state index in [1.807, 2.05) is 30.3 Å². The maximum Gasteiger partial charge on any atom is 0.258 e. The van der Waals surface area contributed by atoms with Crippen molar-refractivity contribution in [3.8, 4) is 5.75 Å². The summed E-state index contributed by atoms with van der Waals surface area (Å²) in [5, 5.41) is 3.11. The molecule has 0 fully saturated rings. The molecule has 0 saturated heterocycles. The second-order valence-electron chi connectivity index (χ2n) is 8.22. The summed E-state index contributed by atoms with van der Waals surface area (Å²) in [7, 11) is 0. The van der Waals surface area contributed by atoms with Crippen LogP contribution < -0.4 is 10.1 Å². The van der Waals surface area contributed by atoms with E-state index >= 15 is 0 Å². The van der Waals surface area contributed by atoms with Crippen molar-refractivity contribution in [2.45, 2.75) is 52.5 Å². The van der Waals surface area contributed by atoms with Gasteiger partial charge in [-0.05, 0) is 41.0 Å². The van der Waals surface area contributed by atoms with Crippen LogP contribution in [0.15, 0.2) is 54.6 Å². The molecule has 0 aliphatic heterocycles. The lowest BCUT2D eigenvalue weighted by atomic mass is 9.87. The van der Waals surface area contributed by atoms with Crippen LogP contribution in [0.1, 0.15) is 58.2 Å². The lowest BCUT2D eigenvalue weighted by molar-refractivity contribution is -0.124. The number of carbonyl (C=O) groups excluding carboxylic acids is 1. The fourth-order valence-electron chi connectivity index (χ4n) is 2.87. The second kappa shape index (κ2) is 8.88. The van der Waals surface area contributed by atoms with Crippen LogP contribution in [0.5, 0.6) is 5.75 Å². The highest BCUT2D eigenvalue weighted by molar-refractivity contribution is 5.78. The van der Waals surface area contributed by atoms with Gasteiger partial charge in [-0.1, -0.05) is 77.1 Å². The molecular formula is C23H31NO2. The molecule has 0 saturated carbocycles. The number of rotatable bonds is 7. The molecule has 0 heterocycles. The maximum atomic E-state index is 12.4. The van der Waals surface area contributed by atoms with E-state index in [0.29, 0.717) is 11.7 Å². The smallest absolute Gasteiger partial charge is 0.258 e. The van der Waals surface area contributed by atoms with Crippen molar-refractivity contribution in [2.24, 2.45) is 5.92 Å². The number of carbonyl (C=O) groups is 1. The summed E-state index contributed by atoms with van der Waals surface area (Å²) < 4.78 is 5.67. The number of ether oxygens (including phenoxy) is 1. The first kappa shape index (κ1) is 20.0. The Morgan fingerprint density at radius 3 is 2.15 bits per heavy atom. The van der Waals surface area contributed by atoms with Gasteiger partial charge < -0.3 is 10.1 Å². The van der Waals surface area contributed by atoms with Crippen LogP contribution in [0.3, 0.4) is 0 Å². The largest absolute Gasteiger partial charge is 0.484 e. The Hall–Kier alpha value is -2.29. The molecule has 0 aliphatic carbocycles. The molecule has 1 N–H and O–H groups in total. The minimum Gasteiger partial charge on any atom is -0.484 e. The highest BCUT2D eigenvalue weighted by atomic mass is 16.5. The van der Waals surface area contributed by atoms with Crippen LogP contribution in [0.25, 0.3) is 0 Å². The summed E-state index contributed by atoms with van der Waals surface area (Å²) in [6.45, 7) is 10.9. The van der Waals surface area contributed by atoms with Crippen LogP contribution in [0.2, 0.25) is 0 Å². The van der Waals surface area contributed by atoms with Crippen LogP contribution >= 0.6 is 0 Å². The van der Waals surface area contributed by atoms with E-state index in [0.717, 1.165) is 12.0 Å². The summed E-state index contributed by atoms with van der Waals surface area (Å²) >= 11 is 0. The molecule has 2 rings (SSSR count). The second-order valence-corrected chi connectivity index (χ2v) is 8.22. The highest BCUT2D eigenvalue weighted by Crippen LogP contribution is 2.24. The van der Waals surface area contributed by atoms with Crippen molar-refractivity contribution >= 4 is 5.91 Å². The number of nitrogens with one attached hydrogen (secondary N) is 1. The Labute approximate surface area is 157 Å². The number of amides is 1. The first-order chi connectivity index (χ1) is 12.3. The van der Waals surface area contributed by atoms with Gasteiger partial charge >= 0.3 is 0 Å². The van der Waals surface area contributed by atoms with Crippen molar-refractivity contribution in [2.75, 3.05) is 6.61 Å². The molecular weight excluding hydrogens is 322 g/mol. The van der Waals surface area contributed by atoms with Gasteiger partial charge in [-0.2, -0.15) is 0 Å². The minimum atomic E-state index is -0.0978. The predicted octanol–water partition coefficient (Wildman–Crippen LogP) is 5.27. The first-order valence-corrected chi connectivity index (χ1v) is 9.33. The van der Waals surface area contributed by atoms with E-state index in [1.165, 1.54) is 5.56 Å². The van der Waals surface area contributed by atoms with Gasteiger partial charge in [-0.25, -0.2) is 0 Å². The van der Waals surface area contributed by atoms with Crippen LogP contribution in [-0.2, 0) is 10.2 Å². The van der Waals surface area contributed by atoms with Crippen LogP contribution in [0, 0.1) is 5.92 Å². The Morgan fingerprint density at radius 1 is 1.00 bits per heavy atom. The third-order valence-electron chi connectivity index (χ3n) is 4.33. The molecule has 0 unspecified atom stereocenters. The maximum absolute atomic E-state index is 12.4. The van der Waals surface area contributed by atoms with Crippen molar-refractivity contribution in [1.29, 1.82) is 0 Å². The molecule has 0 spiro atoms. The molecule has 26 heavy (non-hydrogen) atoms. The summed E-state index contributed by atoms with van der Waals surface area (Å²) in [5.41, 5.74) is 2.48. The SMILES string of the molecule is CC(C)C[C@@H](NC(=O)COc1ccc(C(C)(C)C)cc1)c1ccccc1. The topological polar surface area (TPSA) is 38.3 Å². The third kappa shape index (κ3) is 6.21. The zero-order chi connectivity index (χ0) is 19.2. The normalized spacial score (nSPS) is 12.7. The standard InChI is InChI=1S/C23H31NO2/c1-17(2)15-21(18-9-7-6-8-10-18)24-22(25)16-26-20-13-11-19(12-14-20)23(3,4)5/h6-14,17,21H,15-16H2,1-5H3,(H,24,25)/t21-/m1/s1. The van der Waals surface area contributed by atoms with E-state index in [2.05, 4.69) is 64.2 Å². The molecule has 1 amide bonds. The molecule has 1 atom stereocenters. The van der Waals surface area contributed by atoms with Gasteiger partial charge in [0.1, 0.15) is 5.75 Å². The Bertz CT molecular complexity index is 684. The highest BCUT2D eigenvalue weighted by Gasteiger charge is 2.17. The molecule has 3 nitrogen and oxygen atoms in total. The van der Waals surface area contributed by atoms with E-state index in [-0.39, 0.29) is 24.0 Å². The zero-order valence-corrected chi connectivity index (χ0v) is 16.6. The zero-order valence-electron chi connectivity index (χ0n) is 16.6. The average molecular weight is 354 g/mol. The molecule has 0 aliphatic rings. The molecule has 2 aromatic carbocycles. The third-order valence-corrected chi connectivity index (χ3v) is 4.33. The molecule has 0 radical (unpaired) electrons. The minimum absolute atomic E-state index is 0.00978. The van der Waals surface area contributed by atoms with Gasteiger partial charge in [0.15, 0.2) is 6.61 Å². The predicted molar refractivity (Wildman–Crippen MR) is 107 cm³/mol. The van der Waals surface area contributed by atoms with Crippen molar-refractivity contribution < 1.29 is 9.53 Å². The summed E-state index contributed by atoms with van der Waals surface area (Å²) in [5.74, 6) is 1.11. The molecule has 3 heteroatoms. The molecule has 0 bridgehead atoms. The fourth-order valence-corrected chi connectivity index (χ4v) is 2.87. The van der Waals surface area contributed by atoms with Crippen LogP contribution in [-0.4, -0.2) is 12.5 Å². The summed E-state index contributed by atoms with van der Waals surface area (Å²) in [6, 6.07) is 18.1. The molecule has 2 aromatic rings. The van der Waals surface area contributed by atoms with Gasteiger partial charge in [0.2, 0.25) is 0 Å². The van der Waals surface area contributed by atoms with E-state index < -0.39 is 0 Å². The van der Waals surface area contributed by atoms with Gasteiger partial charge in [0, 0.05) is 0 Å². The van der Waals surface area contributed by atoms with E-state index in [4.69, 9.17) is 4.74 Å². The fraction of sp³-hybridized carbons (Fsp3) is 0.435. The van der Waals surface area contributed by atoms with E-state index in [9.17, 15) is 4.79 Å². The summed E-state index contributed by atoms with van der Waals surface area (Å²) in [6.07, 6.45) is 0.899. The number of benzene rings is 2. The Balaban J connectivity index is 1.93. The quantitative estimate of drug-likeness (QED) is 0.737. The number of hydrogen-bond acceptors (Lipinski definition) is 2. The first-order valence-electron chi connectivity index (χ1n) is 9.33. The van der Waals surface area contributed by atoms with Crippen molar-refractivity contribution in [1.82, 2.24) is 5.32 Å². The Morgan fingerprint density at radius 2 is 1.62 bits per heavy atom. The molecule has 0 aromatic heterocycles. The van der Waals surface area contributed by atoms with Gasteiger partial charge in [-0.3, -0.25) is 4.79 Å². The lowest BCUT2D eigenvalue weighted by Crippen LogP contribution is -2.33. The van der Waals surface area contributed by atoms with Crippen molar-refractivity contribution in [3.05, 3.63) is 65.7 Å². The van der Waals surface area contributed by atoms with Crippen LogP contribution in [0.4, 0.5) is 0 Å². The average Bonchev–Trinajstić information content (AvgIpc) is 2.59. The van der Waals surface area contributed by atoms with Gasteiger partial charge in [0.25, 0.3) is 5.91 Å².